The van der Waals surface area contributed by atoms with Crippen molar-refractivity contribution in [1.29, 1.82) is 0 Å². The van der Waals surface area contributed by atoms with Crippen LogP contribution in [0.4, 0.5) is 5.69 Å². The summed E-state index contributed by atoms with van der Waals surface area (Å²) in [5, 5.41) is 21.3. The van der Waals surface area contributed by atoms with Crippen molar-refractivity contribution in [3.8, 4) is 22.3 Å². The zero-order valence-electron chi connectivity index (χ0n) is 26.5. The van der Waals surface area contributed by atoms with Gasteiger partial charge >= 0.3 is 0 Å². The summed E-state index contributed by atoms with van der Waals surface area (Å²) in [6.45, 7) is 0. The highest BCUT2D eigenvalue weighted by molar-refractivity contribution is 7.27. The smallest absolute Gasteiger partial charge is 0.264 e. The van der Waals surface area contributed by atoms with Crippen LogP contribution in [0, 0.1) is 10.1 Å². The van der Waals surface area contributed by atoms with E-state index >= 15 is 0 Å². The molecule has 0 spiro atoms. The molecule has 0 unspecified atom stereocenters. The van der Waals surface area contributed by atoms with Crippen molar-refractivity contribution in [3.63, 3.8) is 0 Å². The van der Waals surface area contributed by atoms with Crippen molar-refractivity contribution in [2.45, 2.75) is 6.42 Å². The number of nitrogens with zero attached hydrogens (tertiary/aromatic N) is 3. The first-order valence-electron chi connectivity index (χ1n) is 16.4. The van der Waals surface area contributed by atoms with E-state index < -0.39 is 0 Å². The van der Waals surface area contributed by atoms with Crippen LogP contribution in [-0.2, 0) is 6.42 Å². The number of thiophene rings is 2. The number of para-hydroxylation sites is 1. The van der Waals surface area contributed by atoms with E-state index in [0.29, 0.717) is 5.56 Å². The molecule has 0 aliphatic heterocycles. The van der Waals surface area contributed by atoms with E-state index in [2.05, 4.69) is 82.8 Å². The van der Waals surface area contributed by atoms with Crippen LogP contribution in [0.3, 0.4) is 0 Å². The summed E-state index contributed by atoms with van der Waals surface area (Å²) in [6, 6.07) is 39.0. The largest absolute Gasteiger partial charge is 0.277 e. The van der Waals surface area contributed by atoms with E-state index in [1.165, 1.54) is 57.9 Å². The molecule has 0 radical (unpaired) electrons. The second kappa shape index (κ2) is 11.3. The zero-order valence-corrected chi connectivity index (χ0v) is 28.1. The maximum absolute atomic E-state index is 11.6. The van der Waals surface area contributed by atoms with Gasteiger partial charge in [0.2, 0.25) is 0 Å². The summed E-state index contributed by atoms with van der Waals surface area (Å²) in [5.41, 5.74) is 7.34. The van der Waals surface area contributed by atoms with E-state index in [9.17, 15) is 10.1 Å². The number of hydrogen-bond acceptors (Lipinski definition) is 6. The first-order chi connectivity index (χ1) is 24.7. The topological polar surface area (TPSA) is 68.9 Å². The molecule has 0 bridgehead atoms. The Hall–Kier alpha value is -6.02. The first-order valence-corrected chi connectivity index (χ1v) is 18.0. The third-order valence-corrected chi connectivity index (χ3v) is 12.3. The van der Waals surface area contributed by atoms with Gasteiger partial charge in [-0.05, 0) is 81.4 Å². The molecule has 10 aromatic rings. The van der Waals surface area contributed by atoms with Crippen LogP contribution in [0.25, 0.3) is 84.1 Å². The lowest BCUT2D eigenvalue weighted by atomic mass is 9.95. The Morgan fingerprint density at radius 3 is 1.98 bits per heavy atom. The minimum atomic E-state index is -0.321. The lowest BCUT2D eigenvalue weighted by Crippen LogP contribution is -1.92. The Kier molecular flexibility index (Phi) is 6.52. The molecule has 4 heterocycles. The van der Waals surface area contributed by atoms with Gasteiger partial charge < -0.3 is 0 Å². The lowest BCUT2D eigenvalue weighted by molar-refractivity contribution is -0.384. The molecule has 5 nitrogen and oxygen atoms in total. The Morgan fingerprint density at radius 2 is 1.18 bits per heavy atom. The molecule has 0 atom stereocenters. The Bertz CT molecular complexity index is 3020. The molecule has 0 N–H and O–H groups in total. The SMILES string of the molecule is O=[N+]([O-])c1ccccc1-c1cc2c3ccccc3sc2c2cnccc12.c1ccc2c(c1)Cc1c-2c2ccncc2c2sc3ccccc3c12. The summed E-state index contributed by atoms with van der Waals surface area (Å²) in [7, 11) is 0. The third-order valence-electron chi connectivity index (χ3n) is 9.86. The zero-order chi connectivity index (χ0) is 33.3. The van der Waals surface area contributed by atoms with Gasteiger partial charge in [0.25, 0.3) is 5.69 Å². The molecule has 1 aliphatic rings. The van der Waals surface area contributed by atoms with Gasteiger partial charge in [-0.3, -0.25) is 20.1 Å². The van der Waals surface area contributed by atoms with Gasteiger partial charge in [0.05, 0.1) is 10.5 Å². The summed E-state index contributed by atoms with van der Waals surface area (Å²) in [5.74, 6) is 0. The van der Waals surface area contributed by atoms with E-state index in [0.717, 1.165) is 38.2 Å². The van der Waals surface area contributed by atoms with Crippen molar-refractivity contribution < 1.29 is 4.92 Å². The van der Waals surface area contributed by atoms with E-state index in [1.807, 2.05) is 60.3 Å². The van der Waals surface area contributed by atoms with Gasteiger partial charge in [0.15, 0.2) is 0 Å². The highest BCUT2D eigenvalue weighted by Gasteiger charge is 2.26. The monoisotopic (exact) mass is 679 g/mol. The van der Waals surface area contributed by atoms with Crippen LogP contribution in [-0.4, -0.2) is 14.9 Å². The van der Waals surface area contributed by atoms with Crippen LogP contribution in [0.1, 0.15) is 11.1 Å². The summed E-state index contributed by atoms with van der Waals surface area (Å²) >= 11 is 3.63. The number of aromatic nitrogens is 2. The fourth-order valence-electron chi connectivity index (χ4n) is 7.73. The van der Waals surface area contributed by atoms with Crippen LogP contribution in [0.5, 0.6) is 0 Å². The summed E-state index contributed by atoms with van der Waals surface area (Å²) < 4.78 is 5.11. The van der Waals surface area contributed by atoms with Gasteiger partial charge in [-0.25, -0.2) is 0 Å². The maximum Gasteiger partial charge on any atom is 0.277 e. The molecule has 6 aromatic carbocycles. The quantitative estimate of drug-likeness (QED) is 0.135. The van der Waals surface area contributed by atoms with Crippen LogP contribution in [0.15, 0.2) is 140 Å². The molecular weight excluding hydrogens is 655 g/mol. The Morgan fingerprint density at radius 1 is 0.560 bits per heavy atom. The molecule has 0 amide bonds. The number of benzene rings is 6. The van der Waals surface area contributed by atoms with E-state index in [4.69, 9.17) is 0 Å². The summed E-state index contributed by atoms with van der Waals surface area (Å²) in [4.78, 5) is 20.0. The Balaban J connectivity index is 0.000000127. The number of pyridine rings is 2. The van der Waals surface area contributed by atoms with Crippen molar-refractivity contribution in [2.75, 3.05) is 0 Å². The second-order valence-electron chi connectivity index (χ2n) is 12.5. The Labute approximate surface area is 293 Å². The van der Waals surface area contributed by atoms with Gasteiger partial charge in [-0.2, -0.15) is 0 Å². The highest BCUT2D eigenvalue weighted by Crippen LogP contribution is 2.50. The third kappa shape index (κ3) is 4.30. The number of nitro benzene ring substituents is 1. The fraction of sp³-hybridized carbons (Fsp3) is 0.0233. The molecule has 236 valence electrons. The number of hydrogen-bond donors (Lipinski definition) is 0. The first kappa shape index (κ1) is 28.9. The standard InChI is InChI=1S/C22H13NS.C21H12N2O2S/c1-2-6-14-13(5-1)11-17-20(14)15-9-10-23-12-18(15)22-21(17)16-7-3-4-8-19(16)24-22;24-23(25)19-7-3-1-5-14(19)16-11-17-15-6-2-4-8-20(15)26-21(17)18-12-22-10-9-13(16)18/h1-10,12H,11H2;1-12H. The number of rotatable bonds is 2. The van der Waals surface area contributed by atoms with Crippen LogP contribution < -0.4 is 0 Å². The maximum atomic E-state index is 11.6. The predicted octanol–water partition coefficient (Wildman–Crippen LogP) is 12.4. The molecule has 4 aromatic heterocycles. The molecule has 50 heavy (non-hydrogen) atoms. The van der Waals surface area contributed by atoms with Crippen molar-refractivity contribution in [1.82, 2.24) is 9.97 Å². The van der Waals surface area contributed by atoms with Crippen molar-refractivity contribution in [2.24, 2.45) is 0 Å². The number of nitro groups is 1. The predicted molar refractivity (Wildman–Crippen MR) is 210 cm³/mol. The normalized spacial score (nSPS) is 12.1. The van der Waals surface area contributed by atoms with Gasteiger partial charge in [0, 0.05) is 82.0 Å². The van der Waals surface area contributed by atoms with Crippen molar-refractivity contribution in [3.05, 3.63) is 161 Å². The molecule has 0 saturated heterocycles. The average Bonchev–Trinajstić information content (AvgIpc) is 3.87. The molecule has 0 fully saturated rings. The summed E-state index contributed by atoms with van der Waals surface area (Å²) in [6.07, 6.45) is 8.57. The van der Waals surface area contributed by atoms with E-state index in [-0.39, 0.29) is 10.6 Å². The minimum absolute atomic E-state index is 0.115. The van der Waals surface area contributed by atoms with Crippen LogP contribution in [0.2, 0.25) is 0 Å². The van der Waals surface area contributed by atoms with Gasteiger partial charge in [-0.15, -0.1) is 22.7 Å². The molecule has 11 rings (SSSR count). The highest BCUT2D eigenvalue weighted by atomic mass is 32.1. The lowest BCUT2D eigenvalue weighted by Gasteiger charge is -2.09. The van der Waals surface area contributed by atoms with E-state index in [1.54, 1.807) is 29.7 Å². The number of fused-ring (bicyclic) bond motifs is 15. The molecule has 0 saturated carbocycles. The molecule has 7 heteroatoms. The average molecular weight is 680 g/mol. The minimum Gasteiger partial charge on any atom is -0.264 e. The fourth-order valence-corrected chi connectivity index (χ4v) is 10.2. The van der Waals surface area contributed by atoms with Gasteiger partial charge in [-0.1, -0.05) is 72.8 Å². The molecular formula is C43H25N3O2S2. The van der Waals surface area contributed by atoms with Gasteiger partial charge in [0.1, 0.15) is 0 Å². The molecule has 1 aliphatic carbocycles. The van der Waals surface area contributed by atoms with Crippen molar-refractivity contribution >= 4 is 90.3 Å². The van der Waals surface area contributed by atoms with Crippen LogP contribution >= 0.6 is 22.7 Å². The second-order valence-corrected chi connectivity index (χ2v) is 14.6.